The van der Waals surface area contributed by atoms with Crippen molar-refractivity contribution in [1.29, 1.82) is 0 Å². The molecular weight excluding hydrogens is 298 g/mol. The van der Waals surface area contributed by atoms with Crippen LogP contribution in [0.5, 0.6) is 11.5 Å². The van der Waals surface area contributed by atoms with E-state index in [9.17, 15) is 10.2 Å². The van der Waals surface area contributed by atoms with Crippen molar-refractivity contribution < 1.29 is 10.2 Å². The van der Waals surface area contributed by atoms with Crippen molar-refractivity contribution in [3.63, 3.8) is 0 Å². The first-order valence-corrected chi connectivity index (χ1v) is 8.72. The van der Waals surface area contributed by atoms with Gasteiger partial charge in [0.25, 0.3) is 0 Å². The van der Waals surface area contributed by atoms with Crippen LogP contribution in [0.3, 0.4) is 0 Å². The molecular formula is C21H29NO2. The molecule has 0 spiro atoms. The maximum Gasteiger partial charge on any atom is 0.119 e. The summed E-state index contributed by atoms with van der Waals surface area (Å²) in [5, 5.41) is 20.2. The van der Waals surface area contributed by atoms with Gasteiger partial charge in [-0.1, -0.05) is 30.3 Å². The van der Waals surface area contributed by atoms with Gasteiger partial charge in [0.05, 0.1) is 0 Å². The lowest BCUT2D eigenvalue weighted by molar-refractivity contribution is 0.170. The van der Waals surface area contributed by atoms with Crippen molar-refractivity contribution in [1.82, 2.24) is 4.90 Å². The standard InChI is InChI=1S/C21H29NO2/c1-15(2)22(16(3)4)13-12-19(17-8-6-5-7-9-17)20-14-18(23)10-11-21(20)24/h5-11,14-16,19,23-24H,12-13H2,1-4H3/t19-/m1/s1. The minimum absolute atomic E-state index is 0.0540. The molecule has 0 aliphatic rings. The average Bonchev–Trinajstić information content (AvgIpc) is 2.54. The molecule has 0 saturated heterocycles. The Morgan fingerprint density at radius 2 is 1.50 bits per heavy atom. The molecule has 130 valence electrons. The zero-order valence-electron chi connectivity index (χ0n) is 15.1. The first kappa shape index (κ1) is 18.3. The monoisotopic (exact) mass is 327 g/mol. The van der Waals surface area contributed by atoms with E-state index in [1.54, 1.807) is 12.1 Å². The summed E-state index contributed by atoms with van der Waals surface area (Å²) >= 11 is 0. The summed E-state index contributed by atoms with van der Waals surface area (Å²) in [5.41, 5.74) is 1.94. The molecule has 1 atom stereocenters. The SMILES string of the molecule is CC(C)N(CC[C@H](c1ccccc1)c1cc(O)ccc1O)C(C)C. The minimum Gasteiger partial charge on any atom is -0.508 e. The summed E-state index contributed by atoms with van der Waals surface area (Å²) in [6.07, 6.45) is 0.886. The number of rotatable bonds is 7. The topological polar surface area (TPSA) is 43.7 Å². The van der Waals surface area contributed by atoms with E-state index in [2.05, 4.69) is 44.7 Å². The Morgan fingerprint density at radius 1 is 0.875 bits per heavy atom. The van der Waals surface area contributed by atoms with Crippen LogP contribution in [-0.4, -0.2) is 33.7 Å². The third-order valence-electron chi connectivity index (χ3n) is 4.59. The summed E-state index contributed by atoms with van der Waals surface area (Å²) in [6.45, 7) is 9.78. The summed E-state index contributed by atoms with van der Waals surface area (Å²) in [7, 11) is 0. The normalized spacial score (nSPS) is 13.0. The number of phenolic OH excluding ortho intramolecular Hbond substituents is 2. The van der Waals surface area contributed by atoms with Gasteiger partial charge in [-0.3, -0.25) is 4.90 Å². The first-order valence-electron chi connectivity index (χ1n) is 8.72. The van der Waals surface area contributed by atoms with E-state index < -0.39 is 0 Å². The molecule has 2 N–H and O–H groups in total. The highest BCUT2D eigenvalue weighted by molar-refractivity contribution is 5.45. The molecule has 3 heteroatoms. The van der Waals surface area contributed by atoms with Gasteiger partial charge in [-0.15, -0.1) is 0 Å². The molecule has 0 heterocycles. The molecule has 0 saturated carbocycles. The van der Waals surface area contributed by atoms with Crippen molar-refractivity contribution in [2.75, 3.05) is 6.54 Å². The van der Waals surface area contributed by atoms with Gasteiger partial charge in [-0.25, -0.2) is 0 Å². The van der Waals surface area contributed by atoms with Gasteiger partial charge in [0.1, 0.15) is 11.5 Å². The smallest absolute Gasteiger partial charge is 0.119 e. The Balaban J connectivity index is 2.32. The maximum atomic E-state index is 10.3. The highest BCUT2D eigenvalue weighted by Gasteiger charge is 2.21. The van der Waals surface area contributed by atoms with Crippen molar-refractivity contribution in [2.45, 2.75) is 52.1 Å². The molecule has 2 aromatic carbocycles. The fourth-order valence-corrected chi connectivity index (χ4v) is 3.40. The number of benzene rings is 2. The summed E-state index contributed by atoms with van der Waals surface area (Å²) < 4.78 is 0. The summed E-state index contributed by atoms with van der Waals surface area (Å²) in [6, 6.07) is 15.9. The Morgan fingerprint density at radius 3 is 2.08 bits per heavy atom. The van der Waals surface area contributed by atoms with Crippen LogP contribution in [0.4, 0.5) is 0 Å². The molecule has 0 aromatic heterocycles. The molecule has 2 aromatic rings. The Hall–Kier alpha value is -2.00. The highest BCUT2D eigenvalue weighted by atomic mass is 16.3. The van der Waals surface area contributed by atoms with Gasteiger partial charge in [-0.05, 0) is 64.4 Å². The predicted octanol–water partition coefficient (Wildman–Crippen LogP) is 4.74. The van der Waals surface area contributed by atoms with Crippen LogP contribution in [0.1, 0.15) is 51.2 Å². The highest BCUT2D eigenvalue weighted by Crippen LogP contribution is 2.36. The molecule has 0 amide bonds. The lowest BCUT2D eigenvalue weighted by Gasteiger charge is -2.32. The van der Waals surface area contributed by atoms with E-state index in [0.29, 0.717) is 12.1 Å². The van der Waals surface area contributed by atoms with Crippen LogP contribution in [0.2, 0.25) is 0 Å². The third-order valence-corrected chi connectivity index (χ3v) is 4.59. The van der Waals surface area contributed by atoms with Crippen molar-refractivity contribution in [2.24, 2.45) is 0 Å². The quantitative estimate of drug-likeness (QED) is 0.722. The Kier molecular flexibility index (Phi) is 6.27. The lowest BCUT2D eigenvalue weighted by Crippen LogP contribution is -2.38. The van der Waals surface area contributed by atoms with Crippen LogP contribution < -0.4 is 0 Å². The molecule has 0 unspecified atom stereocenters. The second kappa shape index (κ2) is 8.20. The predicted molar refractivity (Wildman–Crippen MR) is 99.7 cm³/mol. The van der Waals surface area contributed by atoms with E-state index in [1.165, 1.54) is 6.07 Å². The molecule has 0 aliphatic carbocycles. The van der Waals surface area contributed by atoms with Crippen LogP contribution >= 0.6 is 0 Å². The first-order chi connectivity index (χ1) is 11.4. The van der Waals surface area contributed by atoms with Gasteiger partial charge >= 0.3 is 0 Å². The molecule has 3 nitrogen and oxygen atoms in total. The van der Waals surface area contributed by atoms with E-state index in [1.807, 2.05) is 18.2 Å². The Bertz CT molecular complexity index is 630. The summed E-state index contributed by atoms with van der Waals surface area (Å²) in [4.78, 5) is 2.45. The molecule has 24 heavy (non-hydrogen) atoms. The molecule has 2 rings (SSSR count). The molecule has 0 bridgehead atoms. The second-order valence-electron chi connectivity index (χ2n) is 6.92. The van der Waals surface area contributed by atoms with Gasteiger partial charge in [0.2, 0.25) is 0 Å². The van der Waals surface area contributed by atoms with E-state index in [4.69, 9.17) is 0 Å². The van der Waals surface area contributed by atoms with Crippen molar-refractivity contribution in [3.05, 3.63) is 59.7 Å². The van der Waals surface area contributed by atoms with E-state index in [0.717, 1.165) is 24.1 Å². The largest absolute Gasteiger partial charge is 0.508 e. The molecule has 0 aliphatic heterocycles. The van der Waals surface area contributed by atoms with Crippen LogP contribution in [0.25, 0.3) is 0 Å². The second-order valence-corrected chi connectivity index (χ2v) is 6.92. The van der Waals surface area contributed by atoms with Crippen molar-refractivity contribution in [3.8, 4) is 11.5 Å². The number of phenols is 2. The number of aromatic hydroxyl groups is 2. The fraction of sp³-hybridized carbons (Fsp3) is 0.429. The minimum atomic E-state index is 0.0540. The zero-order chi connectivity index (χ0) is 17.7. The van der Waals surface area contributed by atoms with Crippen LogP contribution in [0.15, 0.2) is 48.5 Å². The summed E-state index contributed by atoms with van der Waals surface area (Å²) in [5.74, 6) is 0.480. The maximum absolute atomic E-state index is 10.3. The fourth-order valence-electron chi connectivity index (χ4n) is 3.40. The van der Waals surface area contributed by atoms with Gasteiger partial charge in [0.15, 0.2) is 0 Å². The number of nitrogens with zero attached hydrogens (tertiary/aromatic N) is 1. The number of hydrogen-bond acceptors (Lipinski definition) is 3. The van der Waals surface area contributed by atoms with Crippen LogP contribution in [-0.2, 0) is 0 Å². The average molecular weight is 327 g/mol. The zero-order valence-corrected chi connectivity index (χ0v) is 15.1. The van der Waals surface area contributed by atoms with Gasteiger partial charge < -0.3 is 10.2 Å². The van der Waals surface area contributed by atoms with Gasteiger partial charge in [0, 0.05) is 23.6 Å². The van der Waals surface area contributed by atoms with Gasteiger partial charge in [-0.2, -0.15) is 0 Å². The Labute approximate surface area is 145 Å². The van der Waals surface area contributed by atoms with E-state index >= 15 is 0 Å². The van der Waals surface area contributed by atoms with E-state index in [-0.39, 0.29) is 17.4 Å². The van der Waals surface area contributed by atoms with Crippen molar-refractivity contribution >= 4 is 0 Å². The molecule has 0 fully saturated rings. The number of hydrogen-bond donors (Lipinski definition) is 2. The molecule has 0 radical (unpaired) electrons. The third kappa shape index (κ3) is 4.51. The van der Waals surface area contributed by atoms with Crippen LogP contribution in [0, 0.1) is 0 Å². The lowest BCUT2D eigenvalue weighted by atomic mass is 9.87.